The lowest BCUT2D eigenvalue weighted by Crippen LogP contribution is -2.21. The summed E-state index contributed by atoms with van der Waals surface area (Å²) in [4.78, 5) is 52.1. The van der Waals surface area contributed by atoms with E-state index >= 15 is 0 Å². The van der Waals surface area contributed by atoms with Gasteiger partial charge in [-0.1, -0.05) is 12.1 Å². The molecule has 152 valence electrons. The third-order valence-corrected chi connectivity index (χ3v) is 5.11. The molecule has 0 fully saturated rings. The van der Waals surface area contributed by atoms with Crippen molar-refractivity contribution in [1.82, 2.24) is 9.55 Å². The molecule has 9 nitrogen and oxygen atoms in total. The van der Waals surface area contributed by atoms with Crippen molar-refractivity contribution in [3.05, 3.63) is 79.4 Å². The lowest BCUT2D eigenvalue weighted by Gasteiger charge is -2.08. The van der Waals surface area contributed by atoms with Gasteiger partial charge in [0.25, 0.3) is 11.2 Å². The molecule has 2 aromatic carbocycles. The zero-order valence-corrected chi connectivity index (χ0v) is 16.1. The van der Waals surface area contributed by atoms with Gasteiger partial charge in [-0.05, 0) is 31.5 Å². The van der Waals surface area contributed by atoms with Crippen LogP contribution in [0.5, 0.6) is 0 Å². The summed E-state index contributed by atoms with van der Waals surface area (Å²) in [6, 6.07) is 8.54. The van der Waals surface area contributed by atoms with E-state index in [0.717, 1.165) is 6.42 Å². The quantitative estimate of drug-likeness (QED) is 0.276. The molecule has 30 heavy (non-hydrogen) atoms. The van der Waals surface area contributed by atoms with Crippen LogP contribution in [0.1, 0.15) is 38.5 Å². The number of benzene rings is 2. The topological polar surface area (TPSA) is 121 Å². The average Bonchev–Trinajstić information content (AvgIpc) is 3.20. The molecule has 0 atom stereocenters. The largest absolute Gasteiger partial charge is 0.454 e. The van der Waals surface area contributed by atoms with E-state index in [2.05, 4.69) is 4.98 Å². The number of hydrogen-bond acceptors (Lipinski definition) is 7. The van der Waals surface area contributed by atoms with Crippen molar-refractivity contribution in [1.29, 1.82) is 0 Å². The van der Waals surface area contributed by atoms with E-state index in [1.807, 2.05) is 0 Å². The smallest absolute Gasteiger partial charge is 0.338 e. The summed E-state index contributed by atoms with van der Waals surface area (Å²) in [7, 11) is 0. The first-order valence-corrected chi connectivity index (χ1v) is 9.34. The van der Waals surface area contributed by atoms with Crippen LogP contribution in [0.25, 0.3) is 10.9 Å². The number of nitro groups is 1. The molecule has 2 heterocycles. The molecule has 0 N–H and O–H groups in total. The molecule has 0 bridgehead atoms. The Hall–Kier alpha value is -3.88. The monoisotopic (exact) mass is 407 g/mol. The van der Waals surface area contributed by atoms with Gasteiger partial charge in [0.2, 0.25) is 5.78 Å². The van der Waals surface area contributed by atoms with Crippen LogP contribution in [0, 0.1) is 17.0 Å². The molecule has 0 saturated heterocycles. The predicted molar refractivity (Wildman–Crippen MR) is 107 cm³/mol. The Morgan fingerprint density at radius 2 is 1.97 bits per heavy atom. The lowest BCUT2D eigenvalue weighted by atomic mass is 10.1. The van der Waals surface area contributed by atoms with Crippen LogP contribution in [-0.2, 0) is 17.7 Å². The molecule has 0 saturated carbocycles. The normalized spacial score (nSPS) is 12.6. The van der Waals surface area contributed by atoms with Crippen molar-refractivity contribution in [2.75, 3.05) is 6.61 Å². The van der Waals surface area contributed by atoms with Gasteiger partial charge in [-0.25, -0.2) is 9.78 Å². The fourth-order valence-electron chi connectivity index (χ4n) is 3.49. The summed E-state index contributed by atoms with van der Waals surface area (Å²) in [6.07, 6.45) is 1.56. The summed E-state index contributed by atoms with van der Waals surface area (Å²) in [6.45, 7) is 1.65. The highest BCUT2D eigenvalue weighted by atomic mass is 16.6. The number of fused-ring (bicyclic) bond motifs is 2. The van der Waals surface area contributed by atoms with Crippen molar-refractivity contribution >= 4 is 28.3 Å². The Kier molecular flexibility index (Phi) is 4.86. The van der Waals surface area contributed by atoms with E-state index in [1.54, 1.807) is 11.5 Å². The van der Waals surface area contributed by atoms with E-state index in [9.17, 15) is 24.5 Å². The van der Waals surface area contributed by atoms with Gasteiger partial charge in [0.05, 0.1) is 21.4 Å². The van der Waals surface area contributed by atoms with Gasteiger partial charge >= 0.3 is 5.97 Å². The second-order valence-electron chi connectivity index (χ2n) is 7.08. The first-order chi connectivity index (χ1) is 14.3. The molecular weight excluding hydrogens is 390 g/mol. The number of nitro benzene ring substituents is 1. The molecule has 0 spiro atoms. The van der Waals surface area contributed by atoms with Gasteiger partial charge < -0.3 is 4.74 Å². The average molecular weight is 407 g/mol. The standard InChI is InChI=1S/C21H17N3O6/c1-12-4-5-13(10-17(12)24(28)29)18(25)11-30-21(27)14-6-7-15-16(9-14)22-19-3-2-8-23(19)20(15)26/h4-7,9-10H,2-3,8,11H2,1H3. The Morgan fingerprint density at radius 3 is 2.73 bits per heavy atom. The van der Waals surface area contributed by atoms with Crippen LogP contribution in [0.2, 0.25) is 0 Å². The Morgan fingerprint density at radius 1 is 1.20 bits per heavy atom. The molecule has 1 aliphatic heterocycles. The van der Waals surface area contributed by atoms with E-state index in [0.29, 0.717) is 35.3 Å². The molecule has 4 rings (SSSR count). The van der Waals surface area contributed by atoms with Crippen molar-refractivity contribution in [2.45, 2.75) is 26.3 Å². The SMILES string of the molecule is Cc1ccc(C(=O)COC(=O)c2ccc3c(=O)n4c(nc3c2)CCC4)cc1[N+](=O)[O-]. The van der Waals surface area contributed by atoms with Gasteiger partial charge in [0, 0.05) is 30.2 Å². The van der Waals surface area contributed by atoms with Gasteiger partial charge in [-0.2, -0.15) is 0 Å². The molecule has 0 aliphatic carbocycles. The van der Waals surface area contributed by atoms with Gasteiger partial charge in [0.1, 0.15) is 5.82 Å². The van der Waals surface area contributed by atoms with E-state index < -0.39 is 23.3 Å². The van der Waals surface area contributed by atoms with Crippen molar-refractivity contribution in [3.8, 4) is 0 Å². The summed E-state index contributed by atoms with van der Waals surface area (Å²) < 4.78 is 6.72. The number of carbonyl (C=O) groups excluding carboxylic acids is 2. The maximum Gasteiger partial charge on any atom is 0.338 e. The zero-order valence-electron chi connectivity index (χ0n) is 16.1. The van der Waals surface area contributed by atoms with Gasteiger partial charge in [-0.15, -0.1) is 0 Å². The molecular formula is C21H17N3O6. The lowest BCUT2D eigenvalue weighted by molar-refractivity contribution is -0.385. The number of esters is 1. The summed E-state index contributed by atoms with van der Waals surface area (Å²) >= 11 is 0. The van der Waals surface area contributed by atoms with E-state index in [-0.39, 0.29) is 22.4 Å². The first-order valence-electron chi connectivity index (χ1n) is 9.34. The third kappa shape index (κ3) is 3.45. The van der Waals surface area contributed by atoms with Crippen molar-refractivity contribution in [2.24, 2.45) is 0 Å². The molecule has 0 unspecified atom stereocenters. The second kappa shape index (κ2) is 7.51. The fourth-order valence-corrected chi connectivity index (χ4v) is 3.49. The highest BCUT2D eigenvalue weighted by Crippen LogP contribution is 2.20. The molecule has 1 aromatic heterocycles. The minimum Gasteiger partial charge on any atom is -0.454 e. The van der Waals surface area contributed by atoms with Gasteiger partial charge in [0.15, 0.2) is 6.61 Å². The van der Waals surface area contributed by atoms with E-state index in [4.69, 9.17) is 4.74 Å². The van der Waals surface area contributed by atoms with Crippen LogP contribution in [0.15, 0.2) is 41.2 Å². The highest BCUT2D eigenvalue weighted by Gasteiger charge is 2.19. The van der Waals surface area contributed by atoms with Crippen LogP contribution in [0.3, 0.4) is 0 Å². The van der Waals surface area contributed by atoms with Crippen LogP contribution >= 0.6 is 0 Å². The number of aryl methyl sites for hydroxylation is 2. The summed E-state index contributed by atoms with van der Waals surface area (Å²) in [5.41, 5.74) is 0.779. The number of carbonyl (C=O) groups is 2. The number of rotatable bonds is 5. The number of ether oxygens (including phenoxy) is 1. The number of hydrogen-bond donors (Lipinski definition) is 0. The third-order valence-electron chi connectivity index (χ3n) is 5.11. The molecule has 1 aliphatic rings. The maximum atomic E-state index is 12.5. The Labute approximate surface area is 170 Å². The molecule has 0 amide bonds. The van der Waals surface area contributed by atoms with Gasteiger partial charge in [-0.3, -0.25) is 24.3 Å². The Balaban J connectivity index is 1.52. The Bertz CT molecular complexity index is 1280. The second-order valence-corrected chi connectivity index (χ2v) is 7.08. The number of Topliss-reactive ketones (excluding diaryl/α,β-unsaturated/α-hetero) is 1. The van der Waals surface area contributed by atoms with E-state index in [1.165, 1.54) is 36.4 Å². The van der Waals surface area contributed by atoms with Crippen molar-refractivity contribution in [3.63, 3.8) is 0 Å². The minimum absolute atomic E-state index is 0.0869. The maximum absolute atomic E-state index is 12.5. The summed E-state index contributed by atoms with van der Waals surface area (Å²) in [5.74, 6) is -0.607. The zero-order chi connectivity index (χ0) is 21.4. The first kappa shape index (κ1) is 19.4. The predicted octanol–water partition coefficient (Wildman–Crippen LogP) is 2.60. The molecule has 3 aromatic rings. The van der Waals surface area contributed by atoms with Crippen LogP contribution in [0.4, 0.5) is 5.69 Å². The van der Waals surface area contributed by atoms with Crippen molar-refractivity contribution < 1.29 is 19.2 Å². The van der Waals surface area contributed by atoms with Crippen LogP contribution in [-0.4, -0.2) is 32.8 Å². The summed E-state index contributed by atoms with van der Waals surface area (Å²) in [5, 5.41) is 11.4. The fraction of sp³-hybridized carbons (Fsp3) is 0.238. The van der Waals surface area contributed by atoms with Crippen LogP contribution < -0.4 is 5.56 Å². The molecule has 0 radical (unpaired) electrons. The highest BCUT2D eigenvalue weighted by molar-refractivity contribution is 6.00. The minimum atomic E-state index is -0.741. The molecule has 9 heteroatoms. The number of aromatic nitrogens is 2. The number of nitrogens with zero attached hydrogens (tertiary/aromatic N) is 3. The number of ketones is 1.